The zero-order valence-electron chi connectivity index (χ0n) is 13.1. The van der Waals surface area contributed by atoms with Gasteiger partial charge in [-0.25, -0.2) is 0 Å². The topological polar surface area (TPSA) is 49.9 Å². The van der Waals surface area contributed by atoms with Crippen molar-refractivity contribution in [2.24, 2.45) is 11.3 Å². The van der Waals surface area contributed by atoms with Crippen LogP contribution >= 0.6 is 0 Å². The molecule has 0 saturated carbocycles. The van der Waals surface area contributed by atoms with Gasteiger partial charge >= 0.3 is 0 Å². The van der Waals surface area contributed by atoms with Gasteiger partial charge in [0.1, 0.15) is 0 Å². The molecule has 0 aromatic rings. The molecule has 3 heterocycles. The van der Waals surface area contributed by atoms with Gasteiger partial charge in [0.2, 0.25) is 11.8 Å². The molecule has 0 N–H and O–H groups in total. The van der Waals surface area contributed by atoms with Gasteiger partial charge in [0.05, 0.1) is 19.1 Å². The summed E-state index contributed by atoms with van der Waals surface area (Å²) in [6.45, 7) is 8.30. The van der Waals surface area contributed by atoms with Crippen LogP contribution in [0.5, 0.6) is 0 Å². The van der Waals surface area contributed by atoms with Crippen LogP contribution in [0.25, 0.3) is 0 Å². The van der Waals surface area contributed by atoms with Crippen LogP contribution in [0.1, 0.15) is 39.5 Å². The Labute approximate surface area is 126 Å². The molecule has 3 saturated heterocycles. The zero-order chi connectivity index (χ0) is 15.0. The van der Waals surface area contributed by atoms with Crippen LogP contribution in [-0.4, -0.2) is 60.5 Å². The van der Waals surface area contributed by atoms with Gasteiger partial charge < -0.3 is 4.74 Å². The molecular formula is C16H26N2O3. The van der Waals surface area contributed by atoms with Gasteiger partial charge in [0.25, 0.3) is 0 Å². The number of imide groups is 1. The second-order valence-corrected chi connectivity index (χ2v) is 7.31. The molecule has 3 fully saturated rings. The fourth-order valence-electron chi connectivity index (χ4n) is 3.78. The molecule has 0 radical (unpaired) electrons. The molecule has 5 nitrogen and oxygen atoms in total. The molecule has 2 atom stereocenters. The van der Waals surface area contributed by atoms with Gasteiger partial charge in [-0.15, -0.1) is 0 Å². The number of likely N-dealkylation sites (tertiary alicyclic amines) is 2. The van der Waals surface area contributed by atoms with Gasteiger partial charge in [0, 0.05) is 25.1 Å². The summed E-state index contributed by atoms with van der Waals surface area (Å²) in [6.07, 6.45) is 3.45. The lowest BCUT2D eigenvalue weighted by atomic mass is 9.87. The molecule has 1 spiro atoms. The van der Waals surface area contributed by atoms with E-state index in [1.54, 1.807) is 0 Å². The van der Waals surface area contributed by atoms with E-state index in [1.165, 1.54) is 4.90 Å². The molecule has 0 aromatic carbocycles. The van der Waals surface area contributed by atoms with Crippen molar-refractivity contribution in [2.75, 3.05) is 32.8 Å². The first-order valence-electron chi connectivity index (χ1n) is 8.17. The predicted molar refractivity (Wildman–Crippen MR) is 78.6 cm³/mol. The molecule has 21 heavy (non-hydrogen) atoms. The fourth-order valence-corrected chi connectivity index (χ4v) is 3.78. The van der Waals surface area contributed by atoms with Crippen LogP contribution in [0.2, 0.25) is 0 Å². The van der Waals surface area contributed by atoms with Gasteiger partial charge in [-0.2, -0.15) is 0 Å². The van der Waals surface area contributed by atoms with Crippen molar-refractivity contribution in [1.29, 1.82) is 0 Å². The minimum absolute atomic E-state index is 0.00859. The van der Waals surface area contributed by atoms with Crippen LogP contribution in [0.15, 0.2) is 0 Å². The van der Waals surface area contributed by atoms with Gasteiger partial charge in [-0.3, -0.25) is 19.4 Å². The second kappa shape index (κ2) is 5.69. The van der Waals surface area contributed by atoms with Crippen LogP contribution in [0.3, 0.4) is 0 Å². The van der Waals surface area contributed by atoms with E-state index in [-0.39, 0.29) is 23.3 Å². The van der Waals surface area contributed by atoms with Crippen LogP contribution in [0, 0.1) is 11.3 Å². The maximum absolute atomic E-state index is 12.6. The monoisotopic (exact) mass is 294 g/mol. The highest BCUT2D eigenvalue weighted by molar-refractivity contribution is 6.05. The van der Waals surface area contributed by atoms with Gasteiger partial charge in [0.15, 0.2) is 0 Å². The van der Waals surface area contributed by atoms with Crippen molar-refractivity contribution in [3.05, 3.63) is 0 Å². The molecule has 3 aliphatic rings. The summed E-state index contributed by atoms with van der Waals surface area (Å²) >= 11 is 0. The standard InChI is InChI=1S/C16H26N2O3/c1-12(2)3-6-18-14(19)9-13(15(18)20)17-7-4-16(10-17)5-8-21-11-16/h12-13H,3-11H2,1-2H3/t13-,16-/m0/s1. The Balaban J connectivity index is 1.62. The molecule has 2 amide bonds. The zero-order valence-corrected chi connectivity index (χ0v) is 13.1. The summed E-state index contributed by atoms with van der Waals surface area (Å²) in [5.41, 5.74) is 0.245. The lowest BCUT2D eigenvalue weighted by Crippen LogP contribution is -2.42. The number of carbonyl (C=O) groups excluding carboxylic acids is 2. The van der Waals surface area contributed by atoms with Crippen molar-refractivity contribution < 1.29 is 14.3 Å². The number of hydrogen-bond acceptors (Lipinski definition) is 4. The largest absolute Gasteiger partial charge is 0.381 e. The van der Waals surface area contributed by atoms with Crippen molar-refractivity contribution in [3.63, 3.8) is 0 Å². The minimum Gasteiger partial charge on any atom is -0.381 e. The molecule has 0 unspecified atom stereocenters. The molecule has 3 aliphatic heterocycles. The summed E-state index contributed by atoms with van der Waals surface area (Å²) < 4.78 is 5.54. The number of carbonyl (C=O) groups is 2. The molecule has 0 bridgehead atoms. The molecule has 0 aromatic heterocycles. The Bertz CT molecular complexity index is 429. The molecule has 3 rings (SSSR count). The first kappa shape index (κ1) is 15.0. The summed E-state index contributed by atoms with van der Waals surface area (Å²) in [4.78, 5) is 28.4. The average Bonchev–Trinajstić information content (AvgIpc) is 3.12. The summed E-state index contributed by atoms with van der Waals surface area (Å²) in [5.74, 6) is 0.543. The molecular weight excluding hydrogens is 268 g/mol. The quantitative estimate of drug-likeness (QED) is 0.733. The lowest BCUT2D eigenvalue weighted by molar-refractivity contribution is -0.139. The highest BCUT2D eigenvalue weighted by atomic mass is 16.5. The summed E-state index contributed by atoms with van der Waals surface area (Å²) in [6, 6.07) is -0.218. The van der Waals surface area contributed by atoms with E-state index in [0.29, 0.717) is 18.9 Å². The first-order valence-corrected chi connectivity index (χ1v) is 8.17. The van der Waals surface area contributed by atoms with E-state index in [0.717, 1.165) is 45.6 Å². The average molecular weight is 294 g/mol. The maximum Gasteiger partial charge on any atom is 0.247 e. The number of ether oxygens (including phenoxy) is 1. The van der Waals surface area contributed by atoms with Gasteiger partial charge in [-0.05, 0) is 31.7 Å². The SMILES string of the molecule is CC(C)CCN1C(=O)C[C@H](N2CC[C@]3(CCOC3)C2)C1=O. The highest BCUT2D eigenvalue weighted by Gasteiger charge is 2.48. The number of rotatable bonds is 4. The third kappa shape index (κ3) is 2.86. The number of hydrogen-bond donors (Lipinski definition) is 0. The van der Waals surface area contributed by atoms with Gasteiger partial charge in [-0.1, -0.05) is 13.8 Å². The predicted octanol–water partition coefficient (Wildman–Crippen LogP) is 1.27. The van der Waals surface area contributed by atoms with E-state index in [2.05, 4.69) is 18.7 Å². The Hall–Kier alpha value is -0.940. The Kier molecular flexibility index (Phi) is 4.06. The third-order valence-corrected chi connectivity index (χ3v) is 5.24. The van der Waals surface area contributed by atoms with E-state index >= 15 is 0 Å². The highest BCUT2D eigenvalue weighted by Crippen LogP contribution is 2.40. The van der Waals surface area contributed by atoms with Crippen LogP contribution in [-0.2, 0) is 14.3 Å². The smallest absolute Gasteiger partial charge is 0.247 e. The fraction of sp³-hybridized carbons (Fsp3) is 0.875. The van der Waals surface area contributed by atoms with Crippen molar-refractivity contribution in [3.8, 4) is 0 Å². The van der Waals surface area contributed by atoms with E-state index in [1.807, 2.05) is 0 Å². The maximum atomic E-state index is 12.6. The van der Waals surface area contributed by atoms with Crippen LogP contribution < -0.4 is 0 Å². The molecule has 5 heteroatoms. The van der Waals surface area contributed by atoms with Crippen molar-refractivity contribution in [1.82, 2.24) is 9.80 Å². The number of amides is 2. The first-order chi connectivity index (χ1) is 10.0. The van der Waals surface area contributed by atoms with E-state index < -0.39 is 0 Å². The van der Waals surface area contributed by atoms with E-state index in [4.69, 9.17) is 4.74 Å². The van der Waals surface area contributed by atoms with Crippen molar-refractivity contribution >= 4 is 11.8 Å². The Morgan fingerprint density at radius 1 is 1.33 bits per heavy atom. The Morgan fingerprint density at radius 3 is 2.81 bits per heavy atom. The second-order valence-electron chi connectivity index (χ2n) is 7.31. The molecule has 118 valence electrons. The summed E-state index contributed by atoms with van der Waals surface area (Å²) in [5, 5.41) is 0. The number of nitrogens with zero attached hydrogens (tertiary/aromatic N) is 2. The molecule has 0 aliphatic carbocycles. The lowest BCUT2D eigenvalue weighted by Gasteiger charge is -2.25. The normalized spacial score (nSPS) is 34.0. The van der Waals surface area contributed by atoms with Crippen LogP contribution in [0.4, 0.5) is 0 Å². The van der Waals surface area contributed by atoms with Crippen molar-refractivity contribution in [2.45, 2.75) is 45.6 Å². The Morgan fingerprint density at radius 2 is 2.14 bits per heavy atom. The summed E-state index contributed by atoms with van der Waals surface area (Å²) in [7, 11) is 0. The van der Waals surface area contributed by atoms with E-state index in [9.17, 15) is 9.59 Å². The third-order valence-electron chi connectivity index (χ3n) is 5.24. The minimum atomic E-state index is -0.218.